The molecule has 1 N–H and O–H groups in total. The maximum Gasteiger partial charge on any atom is 0.306 e. The van der Waals surface area contributed by atoms with E-state index in [1.54, 1.807) is 0 Å². The SMILES string of the molecule is CCC[C@@H](C(=O)Nc1ccc(F)c([N+](=O)[O-])c1)c1ccccc1. The number of halogens is 1. The van der Waals surface area contributed by atoms with Crippen LogP contribution in [0.4, 0.5) is 15.8 Å². The number of hydrogen-bond donors (Lipinski definition) is 1. The first-order valence-corrected chi connectivity index (χ1v) is 7.32. The minimum atomic E-state index is -0.929. The molecule has 0 spiro atoms. The lowest BCUT2D eigenvalue weighted by Crippen LogP contribution is -2.21. The van der Waals surface area contributed by atoms with E-state index in [4.69, 9.17) is 0 Å². The maximum absolute atomic E-state index is 13.3. The van der Waals surface area contributed by atoms with Gasteiger partial charge in [0.1, 0.15) is 0 Å². The van der Waals surface area contributed by atoms with Gasteiger partial charge in [0.15, 0.2) is 0 Å². The Bertz CT molecular complexity index is 704. The number of nitrogens with zero attached hydrogens (tertiary/aromatic N) is 1. The summed E-state index contributed by atoms with van der Waals surface area (Å²) in [6.07, 6.45) is 1.47. The molecule has 2 rings (SSSR count). The van der Waals surface area contributed by atoms with E-state index in [1.165, 1.54) is 6.07 Å². The van der Waals surface area contributed by atoms with Gasteiger partial charge in [-0.25, -0.2) is 0 Å². The van der Waals surface area contributed by atoms with Gasteiger partial charge in [0.05, 0.1) is 10.8 Å². The van der Waals surface area contributed by atoms with Crippen LogP contribution in [-0.4, -0.2) is 10.8 Å². The number of carbonyl (C=O) groups is 1. The van der Waals surface area contributed by atoms with Crippen molar-refractivity contribution in [1.29, 1.82) is 0 Å². The molecule has 23 heavy (non-hydrogen) atoms. The fraction of sp³-hybridized carbons (Fsp3) is 0.235. The second-order valence-corrected chi connectivity index (χ2v) is 5.16. The zero-order chi connectivity index (χ0) is 16.8. The molecule has 0 aliphatic heterocycles. The molecular formula is C17H17FN2O3. The Labute approximate surface area is 133 Å². The van der Waals surface area contributed by atoms with Crippen LogP contribution in [0.15, 0.2) is 48.5 Å². The van der Waals surface area contributed by atoms with E-state index in [1.807, 2.05) is 37.3 Å². The van der Waals surface area contributed by atoms with Crippen molar-refractivity contribution in [3.05, 3.63) is 70.0 Å². The molecule has 0 aromatic heterocycles. The molecule has 0 saturated heterocycles. The third-order valence-electron chi connectivity index (χ3n) is 3.51. The summed E-state index contributed by atoms with van der Waals surface area (Å²) in [6.45, 7) is 1.98. The summed E-state index contributed by atoms with van der Waals surface area (Å²) in [4.78, 5) is 22.5. The van der Waals surface area contributed by atoms with Crippen molar-refractivity contribution in [2.24, 2.45) is 0 Å². The molecule has 6 heteroatoms. The van der Waals surface area contributed by atoms with Crippen LogP contribution >= 0.6 is 0 Å². The first kappa shape index (κ1) is 16.6. The standard InChI is InChI=1S/C17H17FN2O3/c1-2-6-14(12-7-4-3-5-8-12)17(21)19-13-9-10-15(18)16(11-13)20(22)23/h3-5,7-11,14H,2,6H2,1H3,(H,19,21)/t14-/m1/s1. The second kappa shape index (κ2) is 7.49. The van der Waals surface area contributed by atoms with Crippen molar-refractivity contribution in [1.82, 2.24) is 0 Å². The Morgan fingerprint density at radius 3 is 2.57 bits per heavy atom. The predicted molar refractivity (Wildman–Crippen MR) is 85.8 cm³/mol. The zero-order valence-electron chi connectivity index (χ0n) is 12.7. The number of nitrogens with one attached hydrogen (secondary N) is 1. The Kier molecular flexibility index (Phi) is 5.41. The molecule has 1 amide bonds. The highest BCUT2D eigenvalue weighted by atomic mass is 19.1. The highest BCUT2D eigenvalue weighted by Crippen LogP contribution is 2.26. The van der Waals surface area contributed by atoms with E-state index in [-0.39, 0.29) is 17.5 Å². The molecule has 2 aromatic carbocycles. The Hall–Kier alpha value is -2.76. The molecule has 120 valence electrons. The summed E-state index contributed by atoms with van der Waals surface area (Å²) in [7, 11) is 0. The Morgan fingerprint density at radius 1 is 1.26 bits per heavy atom. The minimum Gasteiger partial charge on any atom is -0.325 e. The number of anilines is 1. The summed E-state index contributed by atoms with van der Waals surface area (Å²) in [5.74, 6) is -1.55. The van der Waals surface area contributed by atoms with Crippen LogP contribution in [0.3, 0.4) is 0 Å². The van der Waals surface area contributed by atoms with Crippen LogP contribution in [0.2, 0.25) is 0 Å². The van der Waals surface area contributed by atoms with Gasteiger partial charge in [-0.1, -0.05) is 43.7 Å². The maximum atomic E-state index is 13.3. The highest BCUT2D eigenvalue weighted by Gasteiger charge is 2.21. The monoisotopic (exact) mass is 316 g/mol. The highest BCUT2D eigenvalue weighted by molar-refractivity contribution is 5.96. The van der Waals surface area contributed by atoms with E-state index in [0.717, 1.165) is 24.1 Å². The number of amides is 1. The summed E-state index contributed by atoms with van der Waals surface area (Å²) >= 11 is 0. The van der Waals surface area contributed by atoms with Gasteiger partial charge in [-0.2, -0.15) is 4.39 Å². The molecule has 0 aliphatic rings. The number of benzene rings is 2. The molecule has 5 nitrogen and oxygen atoms in total. The molecular weight excluding hydrogens is 299 g/mol. The Morgan fingerprint density at radius 2 is 1.96 bits per heavy atom. The largest absolute Gasteiger partial charge is 0.325 e. The lowest BCUT2D eigenvalue weighted by atomic mass is 9.93. The summed E-state index contributed by atoms with van der Waals surface area (Å²) < 4.78 is 13.3. The van der Waals surface area contributed by atoms with Crippen LogP contribution in [0.5, 0.6) is 0 Å². The van der Waals surface area contributed by atoms with Crippen molar-refractivity contribution in [2.75, 3.05) is 5.32 Å². The summed E-state index contributed by atoms with van der Waals surface area (Å²) in [5, 5.41) is 13.4. The zero-order valence-corrected chi connectivity index (χ0v) is 12.7. The topological polar surface area (TPSA) is 72.2 Å². The molecule has 1 atom stereocenters. The number of carbonyl (C=O) groups excluding carboxylic acids is 1. The van der Waals surface area contributed by atoms with E-state index in [2.05, 4.69) is 5.32 Å². The molecule has 0 unspecified atom stereocenters. The van der Waals surface area contributed by atoms with Gasteiger partial charge in [-0.15, -0.1) is 0 Å². The molecule has 2 aromatic rings. The number of rotatable bonds is 6. The predicted octanol–water partition coefficient (Wildman–Crippen LogP) is 4.26. The van der Waals surface area contributed by atoms with Crippen LogP contribution in [-0.2, 0) is 4.79 Å². The smallest absolute Gasteiger partial charge is 0.306 e. The normalized spacial score (nSPS) is 11.7. The molecule has 0 radical (unpaired) electrons. The fourth-order valence-corrected chi connectivity index (χ4v) is 2.38. The number of nitro benzene ring substituents is 1. The average molecular weight is 316 g/mol. The molecule has 0 heterocycles. The summed E-state index contributed by atoms with van der Waals surface area (Å²) in [6, 6.07) is 12.6. The van der Waals surface area contributed by atoms with Gasteiger partial charge in [0, 0.05) is 11.8 Å². The van der Waals surface area contributed by atoms with Gasteiger partial charge >= 0.3 is 5.69 Å². The first-order valence-electron chi connectivity index (χ1n) is 7.32. The Balaban J connectivity index is 2.22. The van der Waals surface area contributed by atoms with Crippen molar-refractivity contribution in [3.8, 4) is 0 Å². The minimum absolute atomic E-state index is 0.208. The van der Waals surface area contributed by atoms with Crippen LogP contribution < -0.4 is 5.32 Å². The summed E-state index contributed by atoms with van der Waals surface area (Å²) in [5.41, 5.74) is 0.429. The van der Waals surface area contributed by atoms with Crippen LogP contribution in [0.25, 0.3) is 0 Å². The van der Waals surface area contributed by atoms with Crippen molar-refractivity contribution in [3.63, 3.8) is 0 Å². The van der Waals surface area contributed by atoms with E-state index < -0.39 is 16.4 Å². The van der Waals surface area contributed by atoms with Gasteiger partial charge in [0.25, 0.3) is 0 Å². The first-order chi connectivity index (χ1) is 11.0. The third-order valence-corrected chi connectivity index (χ3v) is 3.51. The van der Waals surface area contributed by atoms with E-state index >= 15 is 0 Å². The van der Waals surface area contributed by atoms with Crippen molar-refractivity contribution in [2.45, 2.75) is 25.7 Å². The molecule has 0 aliphatic carbocycles. The average Bonchev–Trinajstić information content (AvgIpc) is 2.54. The van der Waals surface area contributed by atoms with Gasteiger partial charge in [-0.05, 0) is 24.1 Å². The molecule has 0 fully saturated rings. The number of nitro groups is 1. The van der Waals surface area contributed by atoms with Gasteiger partial charge in [0.2, 0.25) is 11.7 Å². The lowest BCUT2D eigenvalue weighted by molar-refractivity contribution is -0.387. The second-order valence-electron chi connectivity index (χ2n) is 5.16. The van der Waals surface area contributed by atoms with Crippen molar-refractivity contribution >= 4 is 17.3 Å². The van der Waals surface area contributed by atoms with Gasteiger partial charge < -0.3 is 5.32 Å². The fourth-order valence-electron chi connectivity index (χ4n) is 2.38. The van der Waals surface area contributed by atoms with Crippen LogP contribution in [0, 0.1) is 15.9 Å². The lowest BCUT2D eigenvalue weighted by Gasteiger charge is -2.16. The molecule has 0 bridgehead atoms. The van der Waals surface area contributed by atoms with E-state index in [0.29, 0.717) is 6.42 Å². The van der Waals surface area contributed by atoms with Crippen LogP contribution in [0.1, 0.15) is 31.2 Å². The quantitative estimate of drug-likeness (QED) is 0.639. The van der Waals surface area contributed by atoms with Crippen molar-refractivity contribution < 1.29 is 14.1 Å². The third kappa shape index (κ3) is 4.12. The number of hydrogen-bond acceptors (Lipinski definition) is 3. The molecule has 0 saturated carbocycles. The van der Waals surface area contributed by atoms with Gasteiger partial charge in [-0.3, -0.25) is 14.9 Å². The van der Waals surface area contributed by atoms with E-state index in [9.17, 15) is 19.3 Å².